The predicted molar refractivity (Wildman–Crippen MR) is 82.8 cm³/mol. The van der Waals surface area contributed by atoms with Crippen LogP contribution >= 0.6 is 0 Å². The van der Waals surface area contributed by atoms with Crippen molar-refractivity contribution < 1.29 is 13.9 Å². The predicted octanol–water partition coefficient (Wildman–Crippen LogP) is 2.64. The van der Waals surface area contributed by atoms with Gasteiger partial charge in [0.1, 0.15) is 12.1 Å². The summed E-state index contributed by atoms with van der Waals surface area (Å²) >= 11 is 0. The maximum absolute atomic E-state index is 13.8. The Kier molecular flexibility index (Phi) is 4.11. The summed E-state index contributed by atoms with van der Waals surface area (Å²) in [4.78, 5) is 10.7. The van der Waals surface area contributed by atoms with Crippen molar-refractivity contribution in [3.05, 3.63) is 24.3 Å². The number of hydrogen-bond acceptors (Lipinski definition) is 5. The Morgan fingerprint density at radius 3 is 2.82 bits per heavy atom. The Labute approximate surface area is 129 Å². The Morgan fingerprint density at radius 2 is 2.09 bits per heavy atom. The minimum Gasteiger partial charge on any atom is -0.494 e. The summed E-state index contributed by atoms with van der Waals surface area (Å²) < 4.78 is 24.5. The number of halogens is 1. The highest BCUT2D eigenvalue weighted by Gasteiger charge is 2.28. The first-order valence-electron chi connectivity index (χ1n) is 7.40. The van der Waals surface area contributed by atoms with Crippen molar-refractivity contribution in [1.29, 1.82) is 0 Å². The molecule has 0 amide bonds. The number of anilines is 1. The van der Waals surface area contributed by atoms with E-state index >= 15 is 0 Å². The summed E-state index contributed by atoms with van der Waals surface area (Å²) in [5, 5.41) is 0.796. The van der Waals surface area contributed by atoms with Crippen molar-refractivity contribution in [2.45, 2.75) is 19.4 Å². The monoisotopic (exact) mass is 305 g/mol. The highest BCUT2D eigenvalue weighted by atomic mass is 19.1. The number of nitrogens with zero attached hydrogens (tertiary/aromatic N) is 3. The van der Waals surface area contributed by atoms with Crippen molar-refractivity contribution in [3.63, 3.8) is 0 Å². The van der Waals surface area contributed by atoms with Gasteiger partial charge < -0.3 is 14.4 Å². The van der Waals surface area contributed by atoms with Crippen molar-refractivity contribution in [2.24, 2.45) is 5.92 Å². The normalized spacial score (nSPS) is 22.1. The van der Waals surface area contributed by atoms with Crippen LogP contribution in [0.5, 0.6) is 5.75 Å². The summed E-state index contributed by atoms with van der Waals surface area (Å²) in [7, 11) is 3.19. The van der Waals surface area contributed by atoms with E-state index in [4.69, 9.17) is 9.47 Å². The molecule has 6 heteroatoms. The number of piperidine rings is 1. The first kappa shape index (κ1) is 15.0. The van der Waals surface area contributed by atoms with E-state index in [1.165, 1.54) is 19.5 Å². The van der Waals surface area contributed by atoms with E-state index in [2.05, 4.69) is 21.8 Å². The fourth-order valence-corrected chi connectivity index (χ4v) is 2.99. The lowest BCUT2D eigenvalue weighted by Gasteiger charge is -2.37. The number of fused-ring (bicyclic) bond motifs is 1. The van der Waals surface area contributed by atoms with Crippen LogP contribution in [0.4, 0.5) is 10.2 Å². The summed E-state index contributed by atoms with van der Waals surface area (Å²) in [6.45, 7) is 3.86. The van der Waals surface area contributed by atoms with Crippen LogP contribution in [0.2, 0.25) is 0 Å². The molecule has 1 aromatic carbocycles. The van der Waals surface area contributed by atoms with Crippen LogP contribution in [0.25, 0.3) is 10.9 Å². The first-order valence-corrected chi connectivity index (χ1v) is 7.40. The second kappa shape index (κ2) is 6.04. The van der Waals surface area contributed by atoms with Crippen LogP contribution in [-0.2, 0) is 4.74 Å². The quantitative estimate of drug-likeness (QED) is 0.872. The van der Waals surface area contributed by atoms with Gasteiger partial charge in [-0.05, 0) is 18.4 Å². The van der Waals surface area contributed by atoms with Crippen molar-refractivity contribution in [2.75, 3.05) is 32.2 Å². The van der Waals surface area contributed by atoms with Crippen LogP contribution in [0, 0.1) is 11.7 Å². The van der Waals surface area contributed by atoms with Gasteiger partial charge in [0.05, 0.1) is 18.7 Å². The first-order chi connectivity index (χ1) is 10.6. The Morgan fingerprint density at radius 1 is 1.27 bits per heavy atom. The molecule has 0 N–H and O–H groups in total. The molecule has 1 aromatic heterocycles. The lowest BCUT2D eigenvalue weighted by Crippen LogP contribution is -2.44. The third kappa shape index (κ3) is 2.59. The second-order valence-corrected chi connectivity index (χ2v) is 5.69. The topological polar surface area (TPSA) is 47.5 Å². The van der Waals surface area contributed by atoms with Gasteiger partial charge in [-0.25, -0.2) is 14.4 Å². The number of methoxy groups -OCH3 is 2. The summed E-state index contributed by atoms with van der Waals surface area (Å²) in [6.07, 6.45) is 2.67. The molecule has 1 saturated heterocycles. The molecule has 0 saturated carbocycles. The minimum absolute atomic E-state index is 0.168. The number of benzene rings is 1. The van der Waals surface area contributed by atoms with Crippen LogP contribution in [0.3, 0.4) is 0 Å². The van der Waals surface area contributed by atoms with Crippen molar-refractivity contribution in [1.82, 2.24) is 9.97 Å². The minimum atomic E-state index is -0.415. The van der Waals surface area contributed by atoms with Gasteiger partial charge in [-0.2, -0.15) is 0 Å². The molecule has 22 heavy (non-hydrogen) atoms. The van der Waals surface area contributed by atoms with Crippen molar-refractivity contribution in [3.8, 4) is 5.75 Å². The SMILES string of the molecule is COc1cc2c(N3CCC(C)C(OC)C3)ncnc2cc1F. The number of aromatic nitrogens is 2. The largest absolute Gasteiger partial charge is 0.494 e. The molecule has 118 valence electrons. The standard InChI is InChI=1S/C16H20FN3O2/c1-10-4-5-20(8-15(10)22-3)16-11-6-14(21-2)12(17)7-13(11)18-9-19-16/h6-7,9-10,15H,4-5,8H2,1-3H3. The number of ether oxygens (including phenoxy) is 2. The molecule has 0 aliphatic carbocycles. The maximum atomic E-state index is 13.8. The smallest absolute Gasteiger partial charge is 0.167 e. The van der Waals surface area contributed by atoms with Crippen LogP contribution < -0.4 is 9.64 Å². The van der Waals surface area contributed by atoms with E-state index in [1.54, 1.807) is 13.2 Å². The molecular formula is C16H20FN3O2. The molecule has 1 aliphatic heterocycles. The third-order valence-electron chi connectivity index (χ3n) is 4.38. The zero-order valence-electron chi connectivity index (χ0n) is 13.0. The highest BCUT2D eigenvalue weighted by molar-refractivity contribution is 5.90. The number of hydrogen-bond donors (Lipinski definition) is 0. The maximum Gasteiger partial charge on any atom is 0.167 e. The fourth-order valence-electron chi connectivity index (χ4n) is 2.99. The van der Waals surface area contributed by atoms with E-state index in [9.17, 15) is 4.39 Å². The molecule has 0 radical (unpaired) electrons. The average Bonchev–Trinajstić information content (AvgIpc) is 2.54. The lowest BCUT2D eigenvalue weighted by molar-refractivity contribution is 0.0497. The Hall–Kier alpha value is -1.95. The van der Waals surface area contributed by atoms with Gasteiger partial charge in [0.15, 0.2) is 11.6 Å². The van der Waals surface area contributed by atoms with Crippen LogP contribution in [-0.4, -0.2) is 43.4 Å². The Bertz CT molecular complexity index is 680. The van der Waals surface area contributed by atoms with Crippen LogP contribution in [0.1, 0.15) is 13.3 Å². The molecule has 3 rings (SSSR count). The molecule has 0 spiro atoms. The zero-order valence-corrected chi connectivity index (χ0v) is 13.0. The van der Waals surface area contributed by atoms with Gasteiger partial charge in [-0.1, -0.05) is 6.92 Å². The molecular weight excluding hydrogens is 285 g/mol. The van der Waals surface area contributed by atoms with Gasteiger partial charge in [0.2, 0.25) is 0 Å². The molecule has 2 atom stereocenters. The molecule has 2 unspecified atom stereocenters. The van der Waals surface area contributed by atoms with Gasteiger partial charge in [0, 0.05) is 31.7 Å². The fraction of sp³-hybridized carbons (Fsp3) is 0.500. The second-order valence-electron chi connectivity index (χ2n) is 5.69. The summed E-state index contributed by atoms with van der Waals surface area (Å²) in [5.41, 5.74) is 0.580. The third-order valence-corrected chi connectivity index (χ3v) is 4.38. The highest BCUT2D eigenvalue weighted by Crippen LogP contribution is 2.31. The van der Waals surface area contributed by atoms with E-state index in [-0.39, 0.29) is 11.9 Å². The average molecular weight is 305 g/mol. The van der Waals surface area contributed by atoms with Gasteiger partial charge in [-0.15, -0.1) is 0 Å². The molecule has 2 aromatic rings. The zero-order chi connectivity index (χ0) is 15.7. The molecule has 2 heterocycles. The van der Waals surface area contributed by atoms with Gasteiger partial charge in [0.25, 0.3) is 0 Å². The van der Waals surface area contributed by atoms with E-state index in [0.29, 0.717) is 11.4 Å². The Balaban J connectivity index is 2.03. The molecule has 1 fully saturated rings. The lowest BCUT2D eigenvalue weighted by atomic mass is 9.95. The van der Waals surface area contributed by atoms with Gasteiger partial charge in [-0.3, -0.25) is 0 Å². The van der Waals surface area contributed by atoms with E-state index in [0.717, 1.165) is 30.7 Å². The molecule has 5 nitrogen and oxygen atoms in total. The summed E-state index contributed by atoms with van der Waals surface area (Å²) in [5.74, 6) is 1.11. The van der Waals surface area contributed by atoms with E-state index < -0.39 is 5.82 Å². The van der Waals surface area contributed by atoms with E-state index in [1.807, 2.05) is 0 Å². The molecule has 1 aliphatic rings. The van der Waals surface area contributed by atoms with Gasteiger partial charge >= 0.3 is 0 Å². The number of rotatable bonds is 3. The van der Waals surface area contributed by atoms with Crippen molar-refractivity contribution >= 4 is 16.7 Å². The summed E-state index contributed by atoms with van der Waals surface area (Å²) in [6, 6.07) is 3.06. The molecule has 0 bridgehead atoms. The van der Waals surface area contributed by atoms with Crippen LogP contribution in [0.15, 0.2) is 18.5 Å².